The molecule has 0 N–H and O–H groups in total. The van der Waals surface area contributed by atoms with E-state index in [1.54, 1.807) is 0 Å². The molecule has 1 aromatic heterocycles. The number of hydrogen-bond donors (Lipinski definition) is 0. The molecule has 3 rings (SSSR count). The van der Waals surface area contributed by atoms with Gasteiger partial charge in [0.25, 0.3) is 0 Å². The van der Waals surface area contributed by atoms with Crippen LogP contribution in [0.2, 0.25) is 0 Å². The van der Waals surface area contributed by atoms with Crippen LogP contribution in [0.4, 0.5) is 14.5 Å². The number of halogens is 2. The number of rotatable bonds is 3. The monoisotopic (exact) mass is 378 g/mol. The predicted molar refractivity (Wildman–Crippen MR) is 90.9 cm³/mol. The first-order chi connectivity index (χ1) is 12.4. The van der Waals surface area contributed by atoms with E-state index in [-0.39, 0.29) is 17.0 Å². The van der Waals surface area contributed by atoms with E-state index in [0.717, 1.165) is 12.1 Å². The number of nitriles is 1. The summed E-state index contributed by atoms with van der Waals surface area (Å²) < 4.78 is 53.5. The molecule has 1 aromatic carbocycles. The number of nitrogens with zero attached hydrogens (tertiary/aromatic N) is 4. The van der Waals surface area contributed by atoms with Crippen molar-refractivity contribution >= 4 is 15.7 Å². The maximum Gasteiger partial charge on any atom is 0.244 e. The van der Waals surface area contributed by atoms with Crippen LogP contribution in [0.3, 0.4) is 0 Å². The second-order valence-corrected chi connectivity index (χ2v) is 7.80. The molecule has 1 fully saturated rings. The molecule has 1 saturated heterocycles. The first-order valence-corrected chi connectivity index (χ1v) is 9.41. The Bertz CT molecular complexity index is 959. The second-order valence-electron chi connectivity index (χ2n) is 5.86. The van der Waals surface area contributed by atoms with Gasteiger partial charge in [0.05, 0.1) is 5.56 Å². The molecule has 0 saturated carbocycles. The zero-order valence-electron chi connectivity index (χ0n) is 13.8. The van der Waals surface area contributed by atoms with Crippen LogP contribution >= 0.6 is 0 Å². The Hall–Kier alpha value is -2.57. The summed E-state index contributed by atoms with van der Waals surface area (Å²) in [5.74, 6) is -1.85. The van der Waals surface area contributed by atoms with Gasteiger partial charge >= 0.3 is 0 Å². The Morgan fingerprint density at radius 3 is 2.58 bits per heavy atom. The highest BCUT2D eigenvalue weighted by atomic mass is 32.2. The van der Waals surface area contributed by atoms with Gasteiger partial charge in [0.15, 0.2) is 11.6 Å². The standard InChI is InChI=1S/C17H16F2N4O2S/c18-16-3-2-14(9-17(16)19)22-4-1-5-23(7-6-22)26(24,25)15-8-13(10-20)11-21-12-15/h2-3,8-9,11-12H,1,4-7H2. The van der Waals surface area contributed by atoms with E-state index < -0.39 is 21.7 Å². The lowest BCUT2D eigenvalue weighted by Crippen LogP contribution is -2.35. The summed E-state index contributed by atoms with van der Waals surface area (Å²) in [7, 11) is -3.78. The first-order valence-electron chi connectivity index (χ1n) is 7.97. The van der Waals surface area contributed by atoms with E-state index in [4.69, 9.17) is 5.26 Å². The minimum Gasteiger partial charge on any atom is -0.370 e. The van der Waals surface area contributed by atoms with Crippen LogP contribution in [0.25, 0.3) is 0 Å². The molecule has 0 amide bonds. The molecule has 0 aliphatic carbocycles. The highest BCUT2D eigenvalue weighted by Gasteiger charge is 2.27. The average molecular weight is 378 g/mol. The molecule has 0 spiro atoms. The summed E-state index contributed by atoms with van der Waals surface area (Å²) in [6, 6.07) is 6.81. The van der Waals surface area contributed by atoms with E-state index in [1.165, 1.54) is 28.8 Å². The SMILES string of the molecule is N#Cc1cncc(S(=O)(=O)N2CCCN(c3ccc(F)c(F)c3)CC2)c1. The van der Waals surface area contributed by atoms with Crippen molar-refractivity contribution in [3.05, 3.63) is 53.9 Å². The number of benzene rings is 1. The van der Waals surface area contributed by atoms with Gasteiger partial charge in [-0.2, -0.15) is 9.57 Å². The molecule has 9 heteroatoms. The lowest BCUT2D eigenvalue weighted by molar-refractivity contribution is 0.433. The third kappa shape index (κ3) is 3.66. The molecule has 0 atom stereocenters. The second kappa shape index (κ2) is 7.35. The van der Waals surface area contributed by atoms with Crippen molar-refractivity contribution in [2.75, 3.05) is 31.1 Å². The van der Waals surface area contributed by atoms with Gasteiger partial charge < -0.3 is 4.90 Å². The Labute approximate surface area is 150 Å². The van der Waals surface area contributed by atoms with Crippen LogP contribution in [0.15, 0.2) is 41.6 Å². The fourth-order valence-electron chi connectivity index (χ4n) is 2.84. The van der Waals surface area contributed by atoms with Gasteiger partial charge in [0.2, 0.25) is 10.0 Å². The minimum absolute atomic E-state index is 0.0298. The molecule has 0 radical (unpaired) electrons. The summed E-state index contributed by atoms with van der Waals surface area (Å²) in [5, 5.41) is 8.92. The Balaban J connectivity index is 1.79. The van der Waals surface area contributed by atoms with Crippen molar-refractivity contribution in [2.24, 2.45) is 0 Å². The van der Waals surface area contributed by atoms with E-state index >= 15 is 0 Å². The molecule has 2 aromatic rings. The maximum atomic E-state index is 13.5. The topological polar surface area (TPSA) is 77.3 Å². The van der Waals surface area contributed by atoms with Crippen molar-refractivity contribution < 1.29 is 17.2 Å². The summed E-state index contributed by atoms with van der Waals surface area (Å²) in [4.78, 5) is 5.60. The third-order valence-electron chi connectivity index (χ3n) is 4.20. The van der Waals surface area contributed by atoms with Gasteiger partial charge in [-0.3, -0.25) is 4.98 Å². The molecule has 0 unspecified atom stereocenters. The molecule has 1 aliphatic heterocycles. The van der Waals surface area contributed by atoms with Crippen LogP contribution in [0, 0.1) is 23.0 Å². The molecule has 1 aliphatic rings. The van der Waals surface area contributed by atoms with Crippen LogP contribution < -0.4 is 4.90 Å². The average Bonchev–Trinajstić information content (AvgIpc) is 2.91. The number of hydrogen-bond acceptors (Lipinski definition) is 5. The van der Waals surface area contributed by atoms with E-state index in [9.17, 15) is 17.2 Å². The molecule has 0 bridgehead atoms. The highest BCUT2D eigenvalue weighted by molar-refractivity contribution is 7.89. The maximum absolute atomic E-state index is 13.5. The van der Waals surface area contributed by atoms with Gasteiger partial charge in [0, 0.05) is 50.3 Å². The molecule has 136 valence electrons. The fourth-order valence-corrected chi connectivity index (χ4v) is 4.30. The van der Waals surface area contributed by atoms with Crippen LogP contribution in [0.1, 0.15) is 12.0 Å². The van der Waals surface area contributed by atoms with Gasteiger partial charge in [-0.25, -0.2) is 17.2 Å². The predicted octanol–water partition coefficient (Wildman–Crippen LogP) is 2.13. The van der Waals surface area contributed by atoms with Crippen molar-refractivity contribution in [3.63, 3.8) is 0 Å². The minimum atomic E-state index is -3.78. The largest absolute Gasteiger partial charge is 0.370 e. The Kier molecular flexibility index (Phi) is 5.15. The van der Waals surface area contributed by atoms with Crippen LogP contribution in [0.5, 0.6) is 0 Å². The molecular weight excluding hydrogens is 362 g/mol. The fraction of sp³-hybridized carbons (Fsp3) is 0.294. The van der Waals surface area contributed by atoms with Crippen molar-refractivity contribution in [3.8, 4) is 6.07 Å². The third-order valence-corrected chi connectivity index (χ3v) is 6.07. The van der Waals surface area contributed by atoms with E-state index in [0.29, 0.717) is 31.7 Å². The van der Waals surface area contributed by atoms with Crippen LogP contribution in [-0.2, 0) is 10.0 Å². The van der Waals surface area contributed by atoms with E-state index in [2.05, 4.69) is 4.98 Å². The molecular formula is C17H16F2N4O2S. The van der Waals surface area contributed by atoms with Crippen molar-refractivity contribution in [1.29, 1.82) is 5.26 Å². The highest BCUT2D eigenvalue weighted by Crippen LogP contribution is 2.22. The zero-order chi connectivity index (χ0) is 18.7. The van der Waals surface area contributed by atoms with Crippen molar-refractivity contribution in [2.45, 2.75) is 11.3 Å². The molecule has 2 heterocycles. The van der Waals surface area contributed by atoms with Crippen LogP contribution in [-0.4, -0.2) is 43.9 Å². The summed E-state index contributed by atoms with van der Waals surface area (Å²) >= 11 is 0. The smallest absolute Gasteiger partial charge is 0.244 e. The summed E-state index contributed by atoms with van der Waals surface area (Å²) in [5.41, 5.74) is 0.681. The lowest BCUT2D eigenvalue weighted by Gasteiger charge is -2.23. The number of pyridine rings is 1. The van der Waals surface area contributed by atoms with Gasteiger partial charge in [-0.05, 0) is 24.6 Å². The Morgan fingerprint density at radius 1 is 1.04 bits per heavy atom. The quantitative estimate of drug-likeness (QED) is 0.818. The first kappa shape index (κ1) is 18.2. The summed E-state index contributed by atoms with van der Waals surface area (Å²) in [6.45, 7) is 1.35. The van der Waals surface area contributed by atoms with Crippen molar-refractivity contribution in [1.82, 2.24) is 9.29 Å². The number of aromatic nitrogens is 1. The molecule has 6 nitrogen and oxygen atoms in total. The van der Waals surface area contributed by atoms with Gasteiger partial charge in [-0.1, -0.05) is 0 Å². The van der Waals surface area contributed by atoms with Gasteiger partial charge in [0.1, 0.15) is 11.0 Å². The summed E-state index contributed by atoms with van der Waals surface area (Å²) in [6.07, 6.45) is 3.05. The normalized spacial score (nSPS) is 16.1. The lowest BCUT2D eigenvalue weighted by atomic mass is 10.2. The van der Waals surface area contributed by atoms with Gasteiger partial charge in [-0.15, -0.1) is 0 Å². The van der Waals surface area contributed by atoms with E-state index in [1.807, 2.05) is 11.0 Å². The molecule has 26 heavy (non-hydrogen) atoms. The number of anilines is 1. The zero-order valence-corrected chi connectivity index (χ0v) is 14.6. The number of sulfonamides is 1. The Morgan fingerprint density at radius 2 is 1.85 bits per heavy atom.